The number of benzene rings is 2. The van der Waals surface area contributed by atoms with E-state index >= 15 is 0 Å². The lowest BCUT2D eigenvalue weighted by Gasteiger charge is -2.40. The Labute approximate surface area is 231 Å². The number of hydrogen-bond donors (Lipinski definition) is 0. The summed E-state index contributed by atoms with van der Waals surface area (Å²) in [4.78, 5) is 43.9. The number of para-hydroxylation sites is 1. The second-order valence-corrected chi connectivity index (χ2v) is 9.70. The molecule has 0 bridgehead atoms. The Morgan fingerprint density at radius 1 is 1.12 bits per heavy atom. The van der Waals surface area contributed by atoms with E-state index in [9.17, 15) is 14.0 Å². The van der Waals surface area contributed by atoms with E-state index in [4.69, 9.17) is 14.7 Å². The minimum atomic E-state index is -0.526. The normalized spacial score (nSPS) is 15.3. The zero-order valence-corrected chi connectivity index (χ0v) is 22.8. The number of rotatable bonds is 7. The number of fused-ring (bicyclic) bond motifs is 1. The van der Waals surface area contributed by atoms with E-state index in [1.54, 1.807) is 23.1 Å². The predicted octanol–water partition coefficient (Wildman–Crippen LogP) is 4.17. The fourth-order valence-corrected chi connectivity index (χ4v) is 5.20. The number of carbonyl (C=O) groups excluding carboxylic acids is 1. The minimum absolute atomic E-state index is 0.112. The van der Waals surface area contributed by atoms with Gasteiger partial charge in [-0.15, -0.1) is 0 Å². The van der Waals surface area contributed by atoms with Crippen LogP contribution in [-0.2, 0) is 11.2 Å². The van der Waals surface area contributed by atoms with Gasteiger partial charge in [-0.2, -0.15) is 4.98 Å². The van der Waals surface area contributed by atoms with Gasteiger partial charge in [0, 0.05) is 31.2 Å². The molecule has 0 N–H and O–H groups in total. The van der Waals surface area contributed by atoms with Gasteiger partial charge in [0.2, 0.25) is 11.8 Å². The Kier molecular flexibility index (Phi) is 7.59. The number of methoxy groups -OCH3 is 1. The summed E-state index contributed by atoms with van der Waals surface area (Å²) in [6.07, 6.45) is 2.91. The number of nitrogens with zero attached hydrogens (tertiary/aromatic N) is 6. The van der Waals surface area contributed by atoms with Crippen LogP contribution < -0.4 is 15.3 Å². The second kappa shape index (κ2) is 11.3. The summed E-state index contributed by atoms with van der Waals surface area (Å²) in [5.41, 5.74) is 2.05. The number of halogens is 1. The molecule has 0 radical (unpaired) electrons. The van der Waals surface area contributed by atoms with Crippen molar-refractivity contribution in [3.63, 3.8) is 0 Å². The predicted molar refractivity (Wildman–Crippen MR) is 152 cm³/mol. The third-order valence-electron chi connectivity index (χ3n) is 7.12. The average Bonchev–Trinajstić information content (AvgIpc) is 2.97. The summed E-state index contributed by atoms with van der Waals surface area (Å²) >= 11 is 0. The van der Waals surface area contributed by atoms with Crippen molar-refractivity contribution in [2.24, 2.45) is 0 Å². The van der Waals surface area contributed by atoms with Gasteiger partial charge in [-0.1, -0.05) is 50.3 Å². The summed E-state index contributed by atoms with van der Waals surface area (Å²) in [6.45, 7) is 8.89. The van der Waals surface area contributed by atoms with Crippen LogP contribution in [0.3, 0.4) is 0 Å². The quantitative estimate of drug-likeness (QED) is 0.324. The maximum atomic E-state index is 15.0. The maximum absolute atomic E-state index is 15.0. The third kappa shape index (κ3) is 4.81. The van der Waals surface area contributed by atoms with Crippen molar-refractivity contribution in [2.45, 2.75) is 32.7 Å². The smallest absolute Gasteiger partial charge is 0.355 e. The fourth-order valence-electron chi connectivity index (χ4n) is 5.20. The molecule has 1 amide bonds. The van der Waals surface area contributed by atoms with E-state index < -0.39 is 11.5 Å². The third-order valence-corrected chi connectivity index (χ3v) is 7.12. The largest absolute Gasteiger partial charge is 0.479 e. The first-order valence-corrected chi connectivity index (χ1v) is 13.3. The van der Waals surface area contributed by atoms with Crippen molar-refractivity contribution in [3.05, 3.63) is 83.1 Å². The molecule has 206 valence electrons. The number of hydrogen-bond acceptors (Lipinski definition) is 7. The Morgan fingerprint density at radius 2 is 1.88 bits per heavy atom. The molecular weight excluding hydrogens is 511 g/mol. The van der Waals surface area contributed by atoms with E-state index in [1.807, 2.05) is 36.1 Å². The van der Waals surface area contributed by atoms with E-state index in [1.165, 1.54) is 23.8 Å². The monoisotopic (exact) mass is 542 g/mol. The molecule has 4 aromatic rings. The van der Waals surface area contributed by atoms with Crippen LogP contribution in [0, 0.1) is 5.82 Å². The average molecular weight is 543 g/mol. The van der Waals surface area contributed by atoms with Crippen LogP contribution in [0.25, 0.3) is 28.1 Å². The zero-order chi connectivity index (χ0) is 28.4. The first-order chi connectivity index (χ1) is 19.4. The van der Waals surface area contributed by atoms with Crippen molar-refractivity contribution in [2.75, 3.05) is 31.6 Å². The SMILES string of the molecule is C=CC(=O)N1CCN(c2nc(=O)n(-c3ccccc3CCC)c3nc(-c4ccccc4F)c(OC)nc23)[C@@H](C)C1. The lowest BCUT2D eigenvalue weighted by atomic mass is 10.1. The van der Waals surface area contributed by atoms with Gasteiger partial charge in [0.15, 0.2) is 17.0 Å². The highest BCUT2D eigenvalue weighted by Gasteiger charge is 2.31. The number of aromatic nitrogens is 4. The molecule has 10 heteroatoms. The summed E-state index contributed by atoms with van der Waals surface area (Å²) in [7, 11) is 1.45. The van der Waals surface area contributed by atoms with Crippen LogP contribution in [0.5, 0.6) is 5.88 Å². The number of anilines is 1. The molecule has 0 aliphatic carbocycles. The Bertz CT molecular complexity index is 1650. The first-order valence-electron chi connectivity index (χ1n) is 13.3. The molecule has 1 fully saturated rings. The molecule has 3 heterocycles. The van der Waals surface area contributed by atoms with E-state index in [2.05, 4.69) is 18.5 Å². The number of carbonyl (C=O) groups is 1. The lowest BCUT2D eigenvalue weighted by molar-refractivity contribution is -0.126. The van der Waals surface area contributed by atoms with Crippen LogP contribution in [0.1, 0.15) is 25.8 Å². The van der Waals surface area contributed by atoms with E-state index in [0.29, 0.717) is 36.7 Å². The van der Waals surface area contributed by atoms with Gasteiger partial charge in [0.1, 0.15) is 11.5 Å². The molecule has 5 rings (SSSR count). The summed E-state index contributed by atoms with van der Waals surface area (Å²) in [5, 5.41) is 0. The summed E-state index contributed by atoms with van der Waals surface area (Å²) in [5.74, 6) is -0.182. The van der Waals surface area contributed by atoms with E-state index in [0.717, 1.165) is 18.4 Å². The van der Waals surface area contributed by atoms with Crippen molar-refractivity contribution in [3.8, 4) is 22.8 Å². The highest BCUT2D eigenvalue weighted by Crippen LogP contribution is 2.34. The first kappa shape index (κ1) is 27.0. The second-order valence-electron chi connectivity index (χ2n) is 9.70. The molecular formula is C30H31FN6O3. The van der Waals surface area contributed by atoms with Crippen LogP contribution in [0.2, 0.25) is 0 Å². The topological polar surface area (TPSA) is 93.5 Å². The Balaban J connectivity index is 1.79. The van der Waals surface area contributed by atoms with Gasteiger partial charge in [0.05, 0.1) is 12.8 Å². The minimum Gasteiger partial charge on any atom is -0.479 e. The Morgan fingerprint density at radius 3 is 2.58 bits per heavy atom. The highest BCUT2D eigenvalue weighted by atomic mass is 19.1. The van der Waals surface area contributed by atoms with Crippen LogP contribution in [-0.4, -0.2) is 63.1 Å². The zero-order valence-electron chi connectivity index (χ0n) is 22.8. The standard InChI is InChI=1S/C30H31FN6O3/c1-5-11-20-12-7-10-15-23(20)37-28-26(33-29(40-4)25(32-28)21-13-8-9-14-22(21)31)27(34-30(37)39)36-17-16-35(18-19(36)3)24(38)6-2/h6-10,12-15,19H,2,5,11,16-18H2,1,3-4H3/t19-/m0/s1. The molecule has 1 atom stereocenters. The van der Waals surface area contributed by atoms with Gasteiger partial charge in [-0.05, 0) is 43.2 Å². The maximum Gasteiger partial charge on any atom is 0.355 e. The van der Waals surface area contributed by atoms with Gasteiger partial charge in [-0.3, -0.25) is 4.79 Å². The number of amides is 1. The Hall–Kier alpha value is -4.60. The fraction of sp³-hybridized carbons (Fsp3) is 0.300. The van der Waals surface area contributed by atoms with E-state index in [-0.39, 0.29) is 34.7 Å². The van der Waals surface area contributed by atoms with Crippen molar-refractivity contribution in [1.29, 1.82) is 0 Å². The van der Waals surface area contributed by atoms with Crippen LogP contribution >= 0.6 is 0 Å². The van der Waals surface area contributed by atoms with Crippen molar-refractivity contribution < 1.29 is 13.9 Å². The number of piperazine rings is 1. The molecule has 0 saturated carbocycles. The molecule has 0 spiro atoms. The van der Waals surface area contributed by atoms with Crippen molar-refractivity contribution >= 4 is 22.9 Å². The van der Waals surface area contributed by atoms with Crippen LogP contribution in [0.4, 0.5) is 10.2 Å². The molecule has 9 nitrogen and oxygen atoms in total. The highest BCUT2D eigenvalue weighted by molar-refractivity contribution is 5.89. The molecule has 2 aromatic heterocycles. The van der Waals surface area contributed by atoms with Crippen molar-refractivity contribution in [1.82, 2.24) is 24.4 Å². The molecule has 2 aromatic carbocycles. The molecule has 1 aliphatic rings. The van der Waals surface area contributed by atoms with Gasteiger partial charge in [0.25, 0.3) is 0 Å². The number of ether oxygens (including phenoxy) is 1. The summed E-state index contributed by atoms with van der Waals surface area (Å²) < 4.78 is 22.0. The summed E-state index contributed by atoms with van der Waals surface area (Å²) in [6, 6.07) is 13.7. The molecule has 1 saturated heterocycles. The van der Waals surface area contributed by atoms with Crippen LogP contribution in [0.15, 0.2) is 66.0 Å². The lowest BCUT2D eigenvalue weighted by Crippen LogP contribution is -2.54. The molecule has 40 heavy (non-hydrogen) atoms. The van der Waals surface area contributed by atoms with Gasteiger partial charge >= 0.3 is 5.69 Å². The van der Waals surface area contributed by atoms with Gasteiger partial charge in [-0.25, -0.2) is 23.7 Å². The van der Waals surface area contributed by atoms with Gasteiger partial charge < -0.3 is 14.5 Å². The molecule has 1 aliphatic heterocycles. The number of aryl methyl sites for hydroxylation is 1. The molecule has 0 unspecified atom stereocenters.